The highest BCUT2D eigenvalue weighted by Gasteiger charge is 2.02. The van der Waals surface area contributed by atoms with Crippen LogP contribution in [0.25, 0.3) is 0 Å². The van der Waals surface area contributed by atoms with E-state index in [2.05, 4.69) is 21.7 Å². The molecule has 0 atom stereocenters. The Kier molecular flexibility index (Phi) is 3.92. The maximum atomic E-state index is 10.8. The second kappa shape index (κ2) is 5.20. The van der Waals surface area contributed by atoms with Gasteiger partial charge in [-0.15, -0.1) is 0 Å². The number of hydrogen-bond donors (Lipinski definition) is 0. The zero-order valence-corrected chi connectivity index (χ0v) is 9.20. The van der Waals surface area contributed by atoms with E-state index >= 15 is 0 Å². The SMILES string of the molecule is CCc1cc(C#CC(=O)OC)n(CC)n1. The second-order valence-corrected chi connectivity index (χ2v) is 2.93. The number of methoxy groups -OCH3 is 1. The summed E-state index contributed by atoms with van der Waals surface area (Å²) in [5.74, 6) is 4.60. The molecule has 0 fully saturated rings. The summed E-state index contributed by atoms with van der Waals surface area (Å²) in [5.41, 5.74) is 1.73. The van der Waals surface area contributed by atoms with Gasteiger partial charge in [0, 0.05) is 12.5 Å². The minimum atomic E-state index is -0.531. The van der Waals surface area contributed by atoms with E-state index in [9.17, 15) is 4.79 Å². The van der Waals surface area contributed by atoms with Gasteiger partial charge >= 0.3 is 5.97 Å². The number of aryl methyl sites for hydroxylation is 2. The van der Waals surface area contributed by atoms with Crippen LogP contribution in [0.3, 0.4) is 0 Å². The first-order chi connectivity index (χ1) is 7.21. The predicted molar refractivity (Wildman–Crippen MR) is 56.2 cm³/mol. The Labute approximate surface area is 89.2 Å². The lowest BCUT2D eigenvalue weighted by molar-refractivity contribution is -0.133. The molecule has 1 rings (SSSR count). The highest BCUT2D eigenvalue weighted by molar-refractivity contribution is 5.88. The van der Waals surface area contributed by atoms with Crippen LogP contribution in [-0.4, -0.2) is 22.9 Å². The molecule has 0 radical (unpaired) electrons. The van der Waals surface area contributed by atoms with Gasteiger partial charge in [0.1, 0.15) is 5.69 Å². The molecule has 0 saturated carbocycles. The van der Waals surface area contributed by atoms with E-state index in [0.29, 0.717) is 0 Å². The van der Waals surface area contributed by atoms with Crippen molar-refractivity contribution >= 4 is 5.97 Å². The molecule has 0 unspecified atom stereocenters. The van der Waals surface area contributed by atoms with Crippen molar-refractivity contribution in [1.29, 1.82) is 0 Å². The number of aromatic nitrogens is 2. The highest BCUT2D eigenvalue weighted by Crippen LogP contribution is 2.03. The third-order valence-corrected chi connectivity index (χ3v) is 1.97. The molecule has 15 heavy (non-hydrogen) atoms. The molecule has 4 nitrogen and oxygen atoms in total. The van der Waals surface area contributed by atoms with Crippen molar-refractivity contribution in [3.8, 4) is 11.8 Å². The van der Waals surface area contributed by atoms with Gasteiger partial charge < -0.3 is 4.74 Å². The van der Waals surface area contributed by atoms with Gasteiger partial charge in [-0.25, -0.2) is 4.79 Å². The molecule has 0 aliphatic heterocycles. The lowest BCUT2D eigenvalue weighted by Gasteiger charge is -1.95. The molecule has 1 aromatic rings. The van der Waals surface area contributed by atoms with Crippen molar-refractivity contribution < 1.29 is 9.53 Å². The van der Waals surface area contributed by atoms with Gasteiger partial charge in [0.05, 0.1) is 12.8 Å². The summed E-state index contributed by atoms with van der Waals surface area (Å²) in [6.45, 7) is 4.75. The van der Waals surface area contributed by atoms with E-state index in [1.54, 1.807) is 4.68 Å². The van der Waals surface area contributed by atoms with Crippen molar-refractivity contribution in [2.45, 2.75) is 26.8 Å². The lowest BCUT2D eigenvalue weighted by atomic mass is 10.3. The van der Waals surface area contributed by atoms with Crippen molar-refractivity contribution in [2.24, 2.45) is 0 Å². The zero-order valence-electron chi connectivity index (χ0n) is 9.20. The third-order valence-electron chi connectivity index (χ3n) is 1.97. The van der Waals surface area contributed by atoms with Crippen molar-refractivity contribution in [3.05, 3.63) is 17.5 Å². The fourth-order valence-electron chi connectivity index (χ4n) is 1.15. The summed E-state index contributed by atoms with van der Waals surface area (Å²) in [6.07, 6.45) is 0.861. The van der Waals surface area contributed by atoms with Gasteiger partial charge in [-0.1, -0.05) is 6.92 Å². The first kappa shape index (κ1) is 11.3. The highest BCUT2D eigenvalue weighted by atomic mass is 16.5. The number of carbonyl (C=O) groups is 1. The van der Waals surface area contributed by atoms with Crippen LogP contribution in [0.15, 0.2) is 6.07 Å². The molecule has 1 aromatic heterocycles. The minimum Gasteiger partial charge on any atom is -0.459 e. The van der Waals surface area contributed by atoms with E-state index < -0.39 is 5.97 Å². The number of nitrogens with zero attached hydrogens (tertiary/aromatic N) is 2. The van der Waals surface area contributed by atoms with E-state index in [4.69, 9.17) is 0 Å². The first-order valence-electron chi connectivity index (χ1n) is 4.88. The number of carbonyl (C=O) groups excluding carboxylic acids is 1. The fourth-order valence-corrected chi connectivity index (χ4v) is 1.15. The third kappa shape index (κ3) is 2.84. The van der Waals surface area contributed by atoms with E-state index in [-0.39, 0.29) is 0 Å². The summed E-state index contributed by atoms with van der Waals surface area (Å²) in [7, 11) is 1.31. The van der Waals surface area contributed by atoms with Crippen molar-refractivity contribution in [1.82, 2.24) is 9.78 Å². The maximum absolute atomic E-state index is 10.8. The van der Waals surface area contributed by atoms with Crippen LogP contribution >= 0.6 is 0 Å². The normalized spacial score (nSPS) is 9.27. The van der Waals surface area contributed by atoms with Gasteiger partial charge in [-0.05, 0) is 25.3 Å². The quantitative estimate of drug-likeness (QED) is 0.535. The Morgan fingerprint density at radius 1 is 1.60 bits per heavy atom. The summed E-state index contributed by atoms with van der Waals surface area (Å²) in [5, 5.41) is 4.31. The van der Waals surface area contributed by atoms with Gasteiger partial charge in [0.15, 0.2) is 0 Å². The molecule has 0 bridgehead atoms. The van der Waals surface area contributed by atoms with Crippen LogP contribution in [0.4, 0.5) is 0 Å². The van der Waals surface area contributed by atoms with E-state index in [0.717, 1.165) is 24.4 Å². The maximum Gasteiger partial charge on any atom is 0.384 e. The predicted octanol–water partition coefficient (Wildman–Crippen LogP) is 0.990. The van der Waals surface area contributed by atoms with Crippen LogP contribution in [0.2, 0.25) is 0 Å². The average Bonchev–Trinajstić information content (AvgIpc) is 2.68. The van der Waals surface area contributed by atoms with Crippen molar-refractivity contribution in [2.75, 3.05) is 7.11 Å². The molecule has 0 aliphatic rings. The summed E-state index contributed by atoms with van der Waals surface area (Å²) < 4.78 is 6.21. The first-order valence-corrected chi connectivity index (χ1v) is 4.88. The molecule has 0 aromatic carbocycles. The summed E-state index contributed by atoms with van der Waals surface area (Å²) in [4.78, 5) is 10.8. The van der Waals surface area contributed by atoms with E-state index in [1.807, 2.05) is 19.9 Å². The van der Waals surface area contributed by atoms with Crippen LogP contribution in [0.5, 0.6) is 0 Å². The van der Waals surface area contributed by atoms with Crippen LogP contribution in [-0.2, 0) is 22.5 Å². The van der Waals surface area contributed by atoms with Crippen LogP contribution < -0.4 is 0 Å². The standard InChI is InChI=1S/C11H14N2O2/c1-4-9-8-10(13(5-2)12-9)6-7-11(14)15-3/h8H,4-5H2,1-3H3. The van der Waals surface area contributed by atoms with Crippen LogP contribution in [0.1, 0.15) is 25.2 Å². The van der Waals surface area contributed by atoms with Gasteiger partial charge in [-0.3, -0.25) is 4.68 Å². The minimum absolute atomic E-state index is 0.531. The molecule has 0 saturated heterocycles. The molecule has 0 amide bonds. The number of ether oxygens (including phenoxy) is 1. The molecular weight excluding hydrogens is 192 g/mol. The van der Waals surface area contributed by atoms with E-state index in [1.165, 1.54) is 7.11 Å². The molecule has 0 spiro atoms. The smallest absolute Gasteiger partial charge is 0.384 e. The topological polar surface area (TPSA) is 44.1 Å². The fraction of sp³-hybridized carbons (Fsp3) is 0.455. The molecular formula is C11H14N2O2. The Balaban J connectivity index is 2.95. The number of hydrogen-bond acceptors (Lipinski definition) is 3. The number of rotatable bonds is 2. The van der Waals surface area contributed by atoms with Crippen molar-refractivity contribution in [3.63, 3.8) is 0 Å². The Morgan fingerprint density at radius 2 is 2.33 bits per heavy atom. The molecule has 4 heteroatoms. The summed E-state index contributed by atoms with van der Waals surface area (Å²) >= 11 is 0. The largest absolute Gasteiger partial charge is 0.459 e. The molecule has 0 aliphatic carbocycles. The Hall–Kier alpha value is -1.76. The lowest BCUT2D eigenvalue weighted by Crippen LogP contribution is -2.01. The number of esters is 1. The van der Waals surface area contributed by atoms with Crippen LogP contribution in [0, 0.1) is 11.8 Å². The van der Waals surface area contributed by atoms with Gasteiger partial charge in [0.2, 0.25) is 0 Å². The molecule has 80 valence electrons. The molecule has 0 N–H and O–H groups in total. The van der Waals surface area contributed by atoms with Gasteiger partial charge in [0.25, 0.3) is 0 Å². The monoisotopic (exact) mass is 206 g/mol. The molecule has 1 heterocycles. The Bertz CT molecular complexity index is 410. The summed E-state index contributed by atoms with van der Waals surface area (Å²) in [6, 6.07) is 1.89. The average molecular weight is 206 g/mol. The van der Waals surface area contributed by atoms with Gasteiger partial charge in [-0.2, -0.15) is 5.10 Å². The second-order valence-electron chi connectivity index (χ2n) is 2.93. The zero-order chi connectivity index (χ0) is 11.3. The Morgan fingerprint density at radius 3 is 2.87 bits per heavy atom.